The first-order valence-electron chi connectivity index (χ1n) is 5.70. The molecule has 2 aromatic rings. The van der Waals surface area contributed by atoms with E-state index >= 15 is 0 Å². The van der Waals surface area contributed by atoms with Gasteiger partial charge >= 0.3 is 0 Å². The van der Waals surface area contributed by atoms with Gasteiger partial charge in [-0.25, -0.2) is 4.98 Å². The van der Waals surface area contributed by atoms with Gasteiger partial charge in [0.1, 0.15) is 0 Å². The monoisotopic (exact) mass is 216 g/mol. The molecule has 1 aliphatic rings. The van der Waals surface area contributed by atoms with E-state index in [2.05, 4.69) is 44.6 Å². The molecule has 0 bridgehead atoms. The van der Waals surface area contributed by atoms with Gasteiger partial charge in [0.25, 0.3) is 0 Å². The predicted molar refractivity (Wildman–Crippen MR) is 64.9 cm³/mol. The van der Waals surface area contributed by atoms with Crippen molar-refractivity contribution in [2.75, 3.05) is 38.1 Å². The van der Waals surface area contributed by atoms with E-state index in [1.54, 1.807) is 0 Å². The molecule has 0 amide bonds. The summed E-state index contributed by atoms with van der Waals surface area (Å²) in [4.78, 5) is 9.24. The molecule has 3 heterocycles. The number of piperazine rings is 1. The molecule has 1 fully saturated rings. The molecule has 4 heteroatoms. The van der Waals surface area contributed by atoms with Gasteiger partial charge in [-0.05, 0) is 19.2 Å². The fourth-order valence-corrected chi connectivity index (χ4v) is 2.22. The van der Waals surface area contributed by atoms with Crippen molar-refractivity contribution in [2.45, 2.75) is 0 Å². The second-order valence-corrected chi connectivity index (χ2v) is 4.34. The van der Waals surface area contributed by atoms with Gasteiger partial charge in [-0.1, -0.05) is 0 Å². The van der Waals surface area contributed by atoms with E-state index < -0.39 is 0 Å². The fraction of sp³-hybridized carbons (Fsp3) is 0.417. The first-order chi connectivity index (χ1) is 7.84. The van der Waals surface area contributed by atoms with Gasteiger partial charge in [0.05, 0.1) is 5.52 Å². The number of anilines is 1. The van der Waals surface area contributed by atoms with E-state index in [0.717, 1.165) is 32.0 Å². The van der Waals surface area contributed by atoms with Gasteiger partial charge in [-0.15, -0.1) is 0 Å². The van der Waals surface area contributed by atoms with Crippen molar-refractivity contribution >= 4 is 11.3 Å². The molecule has 0 saturated carbocycles. The number of nitrogens with zero attached hydrogens (tertiary/aromatic N) is 4. The molecule has 0 unspecified atom stereocenters. The Hall–Kier alpha value is -1.55. The van der Waals surface area contributed by atoms with Crippen molar-refractivity contribution in [1.82, 2.24) is 14.3 Å². The maximum absolute atomic E-state index is 4.51. The Bertz CT molecular complexity index is 482. The van der Waals surface area contributed by atoms with Crippen LogP contribution in [0.3, 0.4) is 0 Å². The first kappa shape index (κ1) is 9.66. The average Bonchev–Trinajstić information content (AvgIpc) is 2.78. The van der Waals surface area contributed by atoms with Gasteiger partial charge in [0.2, 0.25) is 0 Å². The van der Waals surface area contributed by atoms with Crippen molar-refractivity contribution < 1.29 is 0 Å². The lowest BCUT2D eigenvalue weighted by molar-refractivity contribution is 0.312. The van der Waals surface area contributed by atoms with Crippen LogP contribution in [0.25, 0.3) is 5.52 Å². The van der Waals surface area contributed by atoms with Crippen LogP contribution < -0.4 is 4.90 Å². The highest BCUT2D eigenvalue weighted by Crippen LogP contribution is 2.19. The summed E-state index contributed by atoms with van der Waals surface area (Å²) in [5, 5.41) is 0. The van der Waals surface area contributed by atoms with Crippen LogP contribution in [-0.4, -0.2) is 47.5 Å². The van der Waals surface area contributed by atoms with Crippen LogP contribution in [0.15, 0.2) is 30.7 Å². The molecule has 0 radical (unpaired) electrons. The lowest BCUT2D eigenvalue weighted by Gasteiger charge is -2.33. The summed E-state index contributed by atoms with van der Waals surface area (Å²) in [5.74, 6) is 1.11. The molecule has 2 aromatic heterocycles. The maximum Gasteiger partial charge on any atom is 0.153 e. The Morgan fingerprint density at radius 1 is 1.12 bits per heavy atom. The van der Waals surface area contributed by atoms with Crippen LogP contribution in [-0.2, 0) is 0 Å². The van der Waals surface area contributed by atoms with Crippen molar-refractivity contribution in [1.29, 1.82) is 0 Å². The molecule has 0 aromatic carbocycles. The molecule has 84 valence electrons. The number of aromatic nitrogens is 2. The van der Waals surface area contributed by atoms with Crippen molar-refractivity contribution in [2.24, 2.45) is 0 Å². The Kier molecular flexibility index (Phi) is 2.29. The second kappa shape index (κ2) is 3.79. The van der Waals surface area contributed by atoms with Crippen molar-refractivity contribution in [3.05, 3.63) is 30.7 Å². The summed E-state index contributed by atoms with van der Waals surface area (Å²) in [7, 11) is 2.17. The standard InChI is InChI=1S/C12H16N4/c1-14-7-9-16(10-8-14)12-11-3-2-5-15(11)6-4-13-12/h2-6H,7-10H2,1H3. The smallest absolute Gasteiger partial charge is 0.153 e. The highest BCUT2D eigenvalue weighted by molar-refractivity contribution is 5.69. The Labute approximate surface area is 95.1 Å². The highest BCUT2D eigenvalue weighted by atomic mass is 15.3. The largest absolute Gasteiger partial charge is 0.352 e. The molecule has 0 spiro atoms. The van der Waals surface area contributed by atoms with Crippen LogP contribution in [0, 0.1) is 0 Å². The SMILES string of the molecule is CN1CCN(c2nccn3cccc23)CC1. The highest BCUT2D eigenvalue weighted by Gasteiger charge is 2.17. The number of fused-ring (bicyclic) bond motifs is 1. The molecule has 0 N–H and O–H groups in total. The van der Waals surface area contributed by atoms with E-state index in [1.165, 1.54) is 5.52 Å². The summed E-state index contributed by atoms with van der Waals surface area (Å²) in [5.41, 5.74) is 1.20. The molecule has 4 nitrogen and oxygen atoms in total. The lowest BCUT2D eigenvalue weighted by atomic mass is 10.3. The minimum atomic E-state index is 1.06. The summed E-state index contributed by atoms with van der Waals surface area (Å²) in [6.45, 7) is 4.36. The third-order valence-corrected chi connectivity index (χ3v) is 3.23. The van der Waals surface area contributed by atoms with Gasteiger partial charge in [-0.2, -0.15) is 0 Å². The van der Waals surface area contributed by atoms with Gasteiger partial charge in [0, 0.05) is 44.8 Å². The van der Waals surface area contributed by atoms with Crippen molar-refractivity contribution in [3.8, 4) is 0 Å². The number of likely N-dealkylation sites (N-methyl/N-ethyl adjacent to an activating group) is 1. The van der Waals surface area contributed by atoms with E-state index in [4.69, 9.17) is 0 Å². The summed E-state index contributed by atoms with van der Waals surface area (Å²) in [6, 6.07) is 4.19. The summed E-state index contributed by atoms with van der Waals surface area (Å²) in [6.07, 6.45) is 5.94. The van der Waals surface area contributed by atoms with Crippen LogP contribution >= 0.6 is 0 Å². The predicted octanol–water partition coefficient (Wildman–Crippen LogP) is 1.09. The number of rotatable bonds is 1. The molecular formula is C12H16N4. The van der Waals surface area contributed by atoms with Gasteiger partial charge < -0.3 is 14.2 Å². The topological polar surface area (TPSA) is 23.8 Å². The Morgan fingerprint density at radius 2 is 1.94 bits per heavy atom. The number of hydrogen-bond acceptors (Lipinski definition) is 3. The van der Waals surface area contributed by atoms with Gasteiger partial charge in [-0.3, -0.25) is 0 Å². The lowest BCUT2D eigenvalue weighted by Crippen LogP contribution is -2.44. The van der Waals surface area contributed by atoms with E-state index in [0.29, 0.717) is 0 Å². The summed E-state index contributed by atoms with van der Waals surface area (Å²) >= 11 is 0. The third kappa shape index (κ3) is 1.55. The summed E-state index contributed by atoms with van der Waals surface area (Å²) < 4.78 is 2.13. The van der Waals surface area contributed by atoms with Crippen molar-refractivity contribution in [3.63, 3.8) is 0 Å². The third-order valence-electron chi connectivity index (χ3n) is 3.23. The molecule has 3 rings (SSSR count). The Balaban J connectivity index is 1.96. The maximum atomic E-state index is 4.51. The van der Waals surface area contributed by atoms with Crippen LogP contribution in [0.4, 0.5) is 5.82 Å². The van der Waals surface area contributed by atoms with E-state index in [1.807, 2.05) is 12.4 Å². The van der Waals surface area contributed by atoms with E-state index in [9.17, 15) is 0 Å². The zero-order valence-corrected chi connectivity index (χ0v) is 9.50. The quantitative estimate of drug-likeness (QED) is 0.713. The Morgan fingerprint density at radius 3 is 2.75 bits per heavy atom. The fourth-order valence-electron chi connectivity index (χ4n) is 2.22. The molecule has 0 aliphatic carbocycles. The molecular weight excluding hydrogens is 200 g/mol. The first-order valence-corrected chi connectivity index (χ1v) is 5.70. The zero-order valence-electron chi connectivity index (χ0n) is 9.50. The molecule has 16 heavy (non-hydrogen) atoms. The minimum Gasteiger partial charge on any atom is -0.352 e. The normalized spacial score (nSPS) is 18.2. The zero-order chi connectivity index (χ0) is 11.0. The van der Waals surface area contributed by atoms with Crippen LogP contribution in [0.2, 0.25) is 0 Å². The molecule has 0 atom stereocenters. The molecule has 1 saturated heterocycles. The van der Waals surface area contributed by atoms with E-state index in [-0.39, 0.29) is 0 Å². The van der Waals surface area contributed by atoms with Crippen LogP contribution in [0.5, 0.6) is 0 Å². The minimum absolute atomic E-state index is 1.06. The van der Waals surface area contributed by atoms with Crippen LogP contribution in [0.1, 0.15) is 0 Å². The second-order valence-electron chi connectivity index (χ2n) is 4.34. The number of hydrogen-bond donors (Lipinski definition) is 0. The van der Waals surface area contributed by atoms with Gasteiger partial charge in [0.15, 0.2) is 5.82 Å². The molecule has 1 aliphatic heterocycles. The average molecular weight is 216 g/mol.